The maximum atomic E-state index is 13.1. The maximum Gasteiger partial charge on any atom is 0.123 e. The van der Waals surface area contributed by atoms with Crippen molar-refractivity contribution in [2.24, 2.45) is 0 Å². The SMILES string of the molecule is Cc1c(C(C)NCc2ccc(C(C)(C)O)cc2)nnn1-c1ccc(F)cc1. The van der Waals surface area contributed by atoms with Crippen molar-refractivity contribution in [1.82, 2.24) is 20.3 Å². The van der Waals surface area contributed by atoms with Gasteiger partial charge in [0, 0.05) is 6.54 Å². The second-order valence-corrected chi connectivity index (χ2v) is 7.31. The highest BCUT2D eigenvalue weighted by Gasteiger charge is 2.17. The fourth-order valence-electron chi connectivity index (χ4n) is 2.97. The van der Waals surface area contributed by atoms with Crippen molar-refractivity contribution < 1.29 is 9.50 Å². The standard InChI is InChI=1S/C21H25FN4O/c1-14(23-13-16-5-7-17(8-6-16)21(3,4)27)20-15(2)26(25-24-20)19-11-9-18(22)10-12-19/h5-12,14,23,27H,13H2,1-4H3. The highest BCUT2D eigenvalue weighted by molar-refractivity contribution is 5.34. The lowest BCUT2D eigenvalue weighted by Gasteiger charge is -2.18. The Kier molecular flexibility index (Phi) is 5.39. The molecular formula is C21H25FN4O. The van der Waals surface area contributed by atoms with Gasteiger partial charge >= 0.3 is 0 Å². The lowest BCUT2D eigenvalue weighted by Crippen LogP contribution is -2.20. The Bertz CT molecular complexity index is 895. The van der Waals surface area contributed by atoms with Crippen LogP contribution in [-0.2, 0) is 12.1 Å². The van der Waals surface area contributed by atoms with E-state index >= 15 is 0 Å². The molecule has 3 aromatic rings. The highest BCUT2D eigenvalue weighted by atomic mass is 19.1. The summed E-state index contributed by atoms with van der Waals surface area (Å²) in [6, 6.07) is 14.1. The topological polar surface area (TPSA) is 63.0 Å². The molecule has 3 rings (SSSR count). The van der Waals surface area contributed by atoms with E-state index in [4.69, 9.17) is 0 Å². The van der Waals surface area contributed by atoms with Gasteiger partial charge in [0.1, 0.15) is 11.5 Å². The van der Waals surface area contributed by atoms with Gasteiger partial charge in [0.25, 0.3) is 0 Å². The molecule has 0 saturated carbocycles. The zero-order valence-corrected chi connectivity index (χ0v) is 16.1. The molecule has 1 aromatic heterocycles. The number of halogens is 1. The van der Waals surface area contributed by atoms with Crippen LogP contribution < -0.4 is 5.32 Å². The Morgan fingerprint density at radius 1 is 1.11 bits per heavy atom. The van der Waals surface area contributed by atoms with Gasteiger partial charge < -0.3 is 10.4 Å². The first-order valence-electron chi connectivity index (χ1n) is 8.99. The molecule has 0 saturated heterocycles. The molecule has 0 fully saturated rings. The van der Waals surface area contributed by atoms with Gasteiger partial charge in [-0.3, -0.25) is 0 Å². The number of rotatable bonds is 6. The van der Waals surface area contributed by atoms with Crippen molar-refractivity contribution in [2.45, 2.75) is 45.9 Å². The third-order valence-corrected chi connectivity index (χ3v) is 4.68. The zero-order chi connectivity index (χ0) is 19.6. The molecular weight excluding hydrogens is 343 g/mol. The van der Waals surface area contributed by atoms with Crippen LogP contribution in [0.4, 0.5) is 4.39 Å². The Balaban J connectivity index is 1.68. The molecule has 0 spiro atoms. The molecule has 6 heteroatoms. The minimum atomic E-state index is -0.838. The predicted molar refractivity (Wildman–Crippen MR) is 103 cm³/mol. The summed E-state index contributed by atoms with van der Waals surface area (Å²) < 4.78 is 14.8. The molecule has 1 heterocycles. The molecule has 0 bridgehead atoms. The molecule has 0 amide bonds. The summed E-state index contributed by atoms with van der Waals surface area (Å²) in [6.07, 6.45) is 0. The van der Waals surface area contributed by atoms with E-state index in [1.807, 2.05) is 38.1 Å². The highest BCUT2D eigenvalue weighted by Crippen LogP contribution is 2.21. The van der Waals surface area contributed by atoms with Crippen molar-refractivity contribution >= 4 is 0 Å². The summed E-state index contributed by atoms with van der Waals surface area (Å²) in [4.78, 5) is 0. The van der Waals surface area contributed by atoms with Crippen LogP contribution in [0.3, 0.4) is 0 Å². The van der Waals surface area contributed by atoms with Crippen LogP contribution in [0.5, 0.6) is 0 Å². The second kappa shape index (κ2) is 7.58. The van der Waals surface area contributed by atoms with E-state index in [0.717, 1.165) is 28.2 Å². The minimum absolute atomic E-state index is 0.00755. The van der Waals surface area contributed by atoms with Crippen molar-refractivity contribution in [2.75, 3.05) is 0 Å². The largest absolute Gasteiger partial charge is 0.386 e. The molecule has 0 aliphatic carbocycles. The first kappa shape index (κ1) is 19.2. The Hall–Kier alpha value is -2.57. The Labute approximate surface area is 158 Å². The van der Waals surface area contributed by atoms with Gasteiger partial charge in [-0.1, -0.05) is 29.5 Å². The Morgan fingerprint density at radius 2 is 1.74 bits per heavy atom. The molecule has 2 aromatic carbocycles. The number of aliphatic hydroxyl groups is 1. The summed E-state index contributed by atoms with van der Waals surface area (Å²) in [7, 11) is 0. The quantitative estimate of drug-likeness (QED) is 0.695. The fourth-order valence-corrected chi connectivity index (χ4v) is 2.97. The summed E-state index contributed by atoms with van der Waals surface area (Å²) in [5.41, 5.74) is 3.72. The lowest BCUT2D eigenvalue weighted by atomic mass is 9.97. The van der Waals surface area contributed by atoms with Gasteiger partial charge in [0.2, 0.25) is 0 Å². The average Bonchev–Trinajstić information content (AvgIpc) is 3.01. The van der Waals surface area contributed by atoms with Crippen LogP contribution >= 0.6 is 0 Å². The van der Waals surface area contributed by atoms with E-state index in [0.29, 0.717) is 6.54 Å². The zero-order valence-electron chi connectivity index (χ0n) is 16.1. The van der Waals surface area contributed by atoms with Crippen molar-refractivity contribution in [3.8, 4) is 5.69 Å². The van der Waals surface area contributed by atoms with Gasteiger partial charge in [0.15, 0.2) is 0 Å². The van der Waals surface area contributed by atoms with Crippen LogP contribution in [0.1, 0.15) is 49.3 Å². The van der Waals surface area contributed by atoms with E-state index in [1.54, 1.807) is 30.7 Å². The van der Waals surface area contributed by atoms with Crippen LogP contribution in [-0.4, -0.2) is 20.1 Å². The number of nitrogens with one attached hydrogen (secondary N) is 1. The number of benzene rings is 2. The molecule has 2 N–H and O–H groups in total. The third kappa shape index (κ3) is 4.40. The molecule has 0 radical (unpaired) electrons. The van der Waals surface area contributed by atoms with Crippen LogP contribution in [0, 0.1) is 12.7 Å². The minimum Gasteiger partial charge on any atom is -0.386 e. The molecule has 142 valence electrons. The number of hydrogen-bond donors (Lipinski definition) is 2. The van der Waals surface area contributed by atoms with Gasteiger partial charge in [-0.25, -0.2) is 9.07 Å². The third-order valence-electron chi connectivity index (χ3n) is 4.68. The van der Waals surface area contributed by atoms with Gasteiger partial charge in [-0.15, -0.1) is 5.10 Å². The van der Waals surface area contributed by atoms with Crippen LogP contribution in [0.25, 0.3) is 5.69 Å². The first-order chi connectivity index (χ1) is 12.8. The van der Waals surface area contributed by atoms with Crippen LogP contribution in [0.15, 0.2) is 48.5 Å². The summed E-state index contributed by atoms with van der Waals surface area (Å²) in [5.74, 6) is -0.276. The molecule has 1 unspecified atom stereocenters. The van der Waals surface area contributed by atoms with E-state index in [-0.39, 0.29) is 11.9 Å². The fraction of sp³-hybridized carbons (Fsp3) is 0.333. The van der Waals surface area contributed by atoms with Gasteiger partial charge in [-0.05, 0) is 63.1 Å². The van der Waals surface area contributed by atoms with E-state index in [1.165, 1.54) is 12.1 Å². The monoisotopic (exact) mass is 368 g/mol. The molecule has 0 aliphatic heterocycles. The summed E-state index contributed by atoms with van der Waals surface area (Å²) >= 11 is 0. The molecule has 1 atom stereocenters. The molecule has 5 nitrogen and oxygen atoms in total. The first-order valence-corrected chi connectivity index (χ1v) is 8.99. The van der Waals surface area contributed by atoms with Crippen molar-refractivity contribution in [3.63, 3.8) is 0 Å². The predicted octanol–water partition coefficient (Wildman–Crippen LogP) is 3.79. The normalized spacial score (nSPS) is 13.0. The second-order valence-electron chi connectivity index (χ2n) is 7.31. The van der Waals surface area contributed by atoms with E-state index in [9.17, 15) is 9.50 Å². The molecule has 0 aliphatic rings. The molecule has 27 heavy (non-hydrogen) atoms. The maximum absolute atomic E-state index is 13.1. The average molecular weight is 368 g/mol. The van der Waals surface area contributed by atoms with Crippen LogP contribution in [0.2, 0.25) is 0 Å². The summed E-state index contributed by atoms with van der Waals surface area (Å²) in [6.45, 7) is 8.22. The van der Waals surface area contributed by atoms with E-state index in [2.05, 4.69) is 15.6 Å². The van der Waals surface area contributed by atoms with Gasteiger partial charge in [0.05, 0.1) is 23.0 Å². The van der Waals surface area contributed by atoms with Crippen molar-refractivity contribution in [3.05, 3.63) is 76.9 Å². The van der Waals surface area contributed by atoms with Gasteiger partial charge in [-0.2, -0.15) is 0 Å². The Morgan fingerprint density at radius 3 is 2.33 bits per heavy atom. The number of nitrogens with zero attached hydrogens (tertiary/aromatic N) is 3. The smallest absolute Gasteiger partial charge is 0.123 e. The number of aromatic nitrogens is 3. The number of hydrogen-bond acceptors (Lipinski definition) is 4. The van der Waals surface area contributed by atoms with E-state index < -0.39 is 5.60 Å². The summed E-state index contributed by atoms with van der Waals surface area (Å²) in [5, 5.41) is 22.0. The van der Waals surface area contributed by atoms with Crippen molar-refractivity contribution in [1.29, 1.82) is 0 Å². The lowest BCUT2D eigenvalue weighted by molar-refractivity contribution is 0.0786.